The highest BCUT2D eigenvalue weighted by atomic mass is 35.5. The summed E-state index contributed by atoms with van der Waals surface area (Å²) >= 11 is 5.58. The molecule has 0 N–H and O–H groups in total. The van der Waals surface area contributed by atoms with E-state index in [1.807, 2.05) is 6.08 Å². The van der Waals surface area contributed by atoms with Crippen molar-refractivity contribution in [2.45, 2.75) is 18.9 Å². The number of hydrogen-bond acceptors (Lipinski definition) is 0. The molecule has 0 heterocycles. The van der Waals surface area contributed by atoms with Crippen LogP contribution in [0.2, 0.25) is 5.04 Å². The first-order chi connectivity index (χ1) is 3.62. The summed E-state index contributed by atoms with van der Waals surface area (Å²) in [6.07, 6.45) is 2.00. The normalized spacial score (nSPS) is 12.9. The van der Waals surface area contributed by atoms with E-state index in [0.717, 1.165) is 5.50 Å². The van der Waals surface area contributed by atoms with Crippen LogP contribution in [0.15, 0.2) is 12.7 Å². The van der Waals surface area contributed by atoms with Gasteiger partial charge in [-0.2, -0.15) is 0 Å². The number of alkyl halides is 1. The number of halogens is 1. The first-order valence-electron chi connectivity index (χ1n) is 2.82. The van der Waals surface area contributed by atoms with E-state index in [0.29, 0.717) is 5.04 Å². The lowest BCUT2D eigenvalue weighted by Gasteiger charge is -2.15. The summed E-state index contributed by atoms with van der Waals surface area (Å²) in [5, 5.41) is 0.363. The molecule has 0 bridgehead atoms. The smallest absolute Gasteiger partial charge is 0.0486 e. The number of hydrogen-bond donors (Lipinski definition) is 0. The second kappa shape index (κ2) is 3.31. The molecule has 0 saturated heterocycles. The quantitative estimate of drug-likeness (QED) is 0.325. The Hall–Kier alpha value is 0.247. The highest BCUT2D eigenvalue weighted by Gasteiger charge is 2.10. The lowest BCUT2D eigenvalue weighted by molar-refractivity contribution is 0.850. The number of allylic oxidation sites excluding steroid dienone is 1. The largest absolute Gasteiger partial charge is 0.131 e. The molecular weight excluding hydrogens is 136 g/mol. The van der Waals surface area contributed by atoms with Crippen molar-refractivity contribution in [2.24, 2.45) is 0 Å². The van der Waals surface area contributed by atoms with Gasteiger partial charge in [-0.3, -0.25) is 0 Å². The fraction of sp³-hybridized carbons (Fsp3) is 0.667. The van der Waals surface area contributed by atoms with E-state index in [9.17, 15) is 0 Å². The molecule has 2 heteroatoms. The molecule has 0 aliphatic carbocycles. The van der Waals surface area contributed by atoms with Crippen molar-refractivity contribution in [2.75, 3.05) is 5.50 Å². The average Bonchev–Trinajstić information content (AvgIpc) is 1.67. The molecule has 0 fully saturated rings. The summed E-state index contributed by atoms with van der Waals surface area (Å²) in [7, 11) is -0.103. The third-order valence-electron chi connectivity index (χ3n) is 1.29. The van der Waals surface area contributed by atoms with Crippen LogP contribution in [0, 0.1) is 0 Å². The van der Waals surface area contributed by atoms with Crippen LogP contribution in [0.4, 0.5) is 0 Å². The zero-order valence-electron chi connectivity index (χ0n) is 5.58. The Balaban J connectivity index is 3.53. The van der Waals surface area contributed by atoms with Crippen molar-refractivity contribution in [1.29, 1.82) is 0 Å². The van der Waals surface area contributed by atoms with E-state index in [1.54, 1.807) is 0 Å². The molecule has 0 aromatic carbocycles. The monoisotopic (exact) mass is 148 g/mol. The van der Waals surface area contributed by atoms with Gasteiger partial charge in [0.05, 0.1) is 0 Å². The lowest BCUT2D eigenvalue weighted by atomic mass is 10.2. The average molecular weight is 149 g/mol. The summed E-state index contributed by atoms with van der Waals surface area (Å²) in [6, 6.07) is 0. The minimum Gasteiger partial charge on any atom is -0.131 e. The summed E-state index contributed by atoms with van der Waals surface area (Å²) in [5.41, 5.74) is 0.860. The minimum absolute atomic E-state index is 0.103. The van der Waals surface area contributed by atoms with Crippen molar-refractivity contribution in [1.82, 2.24) is 0 Å². The zero-order valence-corrected chi connectivity index (χ0v) is 7.75. The molecule has 0 saturated carbocycles. The van der Waals surface area contributed by atoms with E-state index in [4.69, 9.17) is 11.6 Å². The predicted molar refractivity (Wildman–Crippen MR) is 43.5 cm³/mol. The highest BCUT2D eigenvalue weighted by Crippen LogP contribution is 2.22. The van der Waals surface area contributed by atoms with E-state index in [-0.39, 0.29) is 9.52 Å². The molecule has 0 aromatic heterocycles. The van der Waals surface area contributed by atoms with E-state index >= 15 is 0 Å². The minimum atomic E-state index is -0.103. The van der Waals surface area contributed by atoms with E-state index in [2.05, 4.69) is 20.4 Å². The van der Waals surface area contributed by atoms with Crippen LogP contribution in [-0.4, -0.2) is 15.0 Å². The van der Waals surface area contributed by atoms with Crippen molar-refractivity contribution < 1.29 is 0 Å². The maximum Gasteiger partial charge on any atom is 0.0486 e. The van der Waals surface area contributed by atoms with Gasteiger partial charge in [0.2, 0.25) is 0 Å². The highest BCUT2D eigenvalue weighted by molar-refractivity contribution is 6.53. The molecule has 0 aliphatic heterocycles. The second-order valence-corrected chi connectivity index (χ2v) is 6.47. The van der Waals surface area contributed by atoms with Gasteiger partial charge in [0, 0.05) is 15.0 Å². The maximum atomic E-state index is 5.58. The molecule has 0 aliphatic rings. The van der Waals surface area contributed by atoms with Gasteiger partial charge in [-0.15, -0.1) is 18.2 Å². The molecule has 0 unspecified atom stereocenters. The first kappa shape index (κ1) is 8.25. The summed E-state index contributed by atoms with van der Waals surface area (Å²) in [6.45, 7) is 8.11. The lowest BCUT2D eigenvalue weighted by Crippen LogP contribution is -2.10. The molecular formula is C6H13ClSi. The Labute approximate surface area is 58.8 Å². The molecule has 8 heavy (non-hydrogen) atoms. The van der Waals surface area contributed by atoms with E-state index in [1.165, 1.54) is 0 Å². The van der Waals surface area contributed by atoms with Crippen LogP contribution in [0.25, 0.3) is 0 Å². The van der Waals surface area contributed by atoms with Crippen LogP contribution in [-0.2, 0) is 0 Å². The zero-order chi connectivity index (χ0) is 6.62. The topological polar surface area (TPSA) is 0 Å². The van der Waals surface area contributed by atoms with Crippen molar-refractivity contribution in [3.05, 3.63) is 12.7 Å². The SMILES string of the molecule is C=CC(C)(C)[SiH2]CCl. The Bertz CT molecular complexity index is 78.6. The summed E-state index contributed by atoms with van der Waals surface area (Å²) in [4.78, 5) is 0. The van der Waals surface area contributed by atoms with Crippen LogP contribution in [0.3, 0.4) is 0 Å². The number of rotatable bonds is 3. The Morgan fingerprint density at radius 3 is 2.38 bits per heavy atom. The van der Waals surface area contributed by atoms with Crippen LogP contribution in [0.5, 0.6) is 0 Å². The van der Waals surface area contributed by atoms with Gasteiger partial charge in [-0.05, 0) is 5.04 Å². The predicted octanol–water partition coefficient (Wildman–Crippen LogP) is 1.74. The van der Waals surface area contributed by atoms with Gasteiger partial charge in [-0.1, -0.05) is 19.9 Å². The molecule has 0 rings (SSSR count). The van der Waals surface area contributed by atoms with Crippen molar-refractivity contribution in [3.8, 4) is 0 Å². The Morgan fingerprint density at radius 1 is 1.75 bits per heavy atom. The molecule has 48 valence electrons. The molecule has 0 nitrogen and oxygen atoms in total. The van der Waals surface area contributed by atoms with Crippen molar-refractivity contribution in [3.63, 3.8) is 0 Å². The fourth-order valence-corrected chi connectivity index (χ4v) is 2.50. The van der Waals surface area contributed by atoms with Crippen molar-refractivity contribution >= 4 is 21.1 Å². The van der Waals surface area contributed by atoms with Gasteiger partial charge in [0.15, 0.2) is 0 Å². The third kappa shape index (κ3) is 3.27. The molecule has 0 aromatic rings. The second-order valence-electron chi connectivity index (χ2n) is 2.63. The van der Waals surface area contributed by atoms with Crippen LogP contribution < -0.4 is 0 Å². The Kier molecular flexibility index (Phi) is 3.41. The maximum absolute atomic E-state index is 5.58. The van der Waals surface area contributed by atoms with Crippen LogP contribution >= 0.6 is 11.6 Å². The Morgan fingerprint density at radius 2 is 2.25 bits per heavy atom. The van der Waals surface area contributed by atoms with Gasteiger partial charge < -0.3 is 0 Å². The molecule has 0 radical (unpaired) electrons. The van der Waals surface area contributed by atoms with Gasteiger partial charge >= 0.3 is 0 Å². The summed E-state index contributed by atoms with van der Waals surface area (Å²) < 4.78 is 0. The van der Waals surface area contributed by atoms with Gasteiger partial charge in [0.25, 0.3) is 0 Å². The van der Waals surface area contributed by atoms with E-state index < -0.39 is 0 Å². The molecule has 0 spiro atoms. The molecule has 0 atom stereocenters. The third-order valence-corrected chi connectivity index (χ3v) is 3.62. The van der Waals surface area contributed by atoms with Gasteiger partial charge in [0.1, 0.15) is 0 Å². The molecule has 0 amide bonds. The summed E-state index contributed by atoms with van der Waals surface area (Å²) in [5.74, 6) is 0. The standard InChI is InChI=1S/C6H13ClSi/c1-4-6(2,3)8-5-7/h4H,1,5,8H2,2-3H3. The van der Waals surface area contributed by atoms with Crippen LogP contribution in [0.1, 0.15) is 13.8 Å². The van der Waals surface area contributed by atoms with Gasteiger partial charge in [-0.25, -0.2) is 0 Å². The fourth-order valence-electron chi connectivity index (χ4n) is 0.346. The first-order valence-corrected chi connectivity index (χ1v) is 5.06.